The van der Waals surface area contributed by atoms with Crippen molar-refractivity contribution in [3.05, 3.63) is 12.2 Å². The molecule has 376 valence electrons. The van der Waals surface area contributed by atoms with E-state index in [1.165, 1.54) is 225 Å². The van der Waals surface area contributed by atoms with E-state index in [0.717, 1.165) is 32.1 Å². The summed E-state index contributed by atoms with van der Waals surface area (Å²) in [4.78, 5) is 23.3. The van der Waals surface area contributed by atoms with E-state index in [2.05, 4.69) is 19.2 Å². The van der Waals surface area contributed by atoms with Crippen molar-refractivity contribution in [2.24, 2.45) is 0 Å². The van der Waals surface area contributed by atoms with Crippen molar-refractivity contribution >= 4 is 13.7 Å². The molecule has 0 aromatic carbocycles. The third kappa shape index (κ3) is 49.0. The number of rotatable bonds is 51. The summed E-state index contributed by atoms with van der Waals surface area (Å²) in [5, 5.41) is 13.9. The molecule has 3 N–H and O–H groups in total. The molecule has 0 radical (unpaired) electrons. The second kappa shape index (κ2) is 46.4. The van der Waals surface area contributed by atoms with Gasteiger partial charge in [-0.3, -0.25) is 13.8 Å². The molecule has 3 atom stereocenters. The molecular weight excluding hydrogens is 804 g/mol. The van der Waals surface area contributed by atoms with Gasteiger partial charge in [-0.25, -0.2) is 4.57 Å². The zero-order valence-electron chi connectivity index (χ0n) is 42.8. The summed E-state index contributed by atoms with van der Waals surface area (Å²) in [5.74, 6) is -0.170. The third-order valence-corrected chi connectivity index (χ3v) is 13.7. The lowest BCUT2D eigenvalue weighted by Crippen LogP contribution is -2.45. The molecule has 0 fully saturated rings. The number of hydrogen-bond acceptors (Lipinski definition) is 5. The number of nitrogens with zero attached hydrogens (tertiary/aromatic N) is 1. The van der Waals surface area contributed by atoms with Gasteiger partial charge in [0.1, 0.15) is 13.2 Å². The molecular formula is C54H110N2O6P+. The quantitative estimate of drug-likeness (QED) is 0.0243. The highest BCUT2D eigenvalue weighted by Crippen LogP contribution is 2.43. The Kier molecular flexibility index (Phi) is 45.8. The average molecular weight is 914 g/mol. The van der Waals surface area contributed by atoms with Crippen molar-refractivity contribution in [3.63, 3.8) is 0 Å². The molecule has 9 heteroatoms. The number of nitrogens with one attached hydrogen (secondary N) is 1. The molecule has 0 bridgehead atoms. The monoisotopic (exact) mass is 914 g/mol. The zero-order valence-corrected chi connectivity index (χ0v) is 43.7. The Morgan fingerprint density at radius 2 is 0.841 bits per heavy atom. The molecule has 0 saturated heterocycles. The maximum Gasteiger partial charge on any atom is 0.472 e. The van der Waals surface area contributed by atoms with Gasteiger partial charge >= 0.3 is 7.82 Å². The lowest BCUT2D eigenvalue weighted by atomic mass is 10.0. The van der Waals surface area contributed by atoms with Crippen LogP contribution in [0.2, 0.25) is 0 Å². The molecule has 3 unspecified atom stereocenters. The molecule has 0 rings (SSSR count). The minimum Gasteiger partial charge on any atom is -0.387 e. The smallest absolute Gasteiger partial charge is 0.387 e. The first-order valence-electron chi connectivity index (χ1n) is 27.6. The van der Waals surface area contributed by atoms with Crippen molar-refractivity contribution in [2.75, 3.05) is 40.9 Å². The van der Waals surface area contributed by atoms with Crippen LogP contribution in [0.5, 0.6) is 0 Å². The Labute approximate surface area is 392 Å². The maximum absolute atomic E-state index is 13.0. The summed E-state index contributed by atoms with van der Waals surface area (Å²) in [6, 6.07) is -0.841. The van der Waals surface area contributed by atoms with E-state index in [1.807, 2.05) is 27.2 Å². The molecule has 1 amide bonds. The number of quaternary nitrogens is 1. The molecule has 0 heterocycles. The number of carbonyl (C=O) groups excluding carboxylic acids is 1. The lowest BCUT2D eigenvalue weighted by Gasteiger charge is -2.25. The molecule has 0 aliphatic carbocycles. The number of amides is 1. The van der Waals surface area contributed by atoms with Crippen molar-refractivity contribution in [1.82, 2.24) is 5.32 Å². The molecule has 0 aromatic rings. The van der Waals surface area contributed by atoms with Crippen LogP contribution in [0.25, 0.3) is 0 Å². The van der Waals surface area contributed by atoms with E-state index >= 15 is 0 Å². The maximum atomic E-state index is 13.0. The van der Waals surface area contributed by atoms with E-state index in [1.54, 1.807) is 6.08 Å². The number of allylic oxidation sites excluding steroid dienone is 1. The molecule has 63 heavy (non-hydrogen) atoms. The van der Waals surface area contributed by atoms with Gasteiger partial charge < -0.3 is 19.8 Å². The largest absolute Gasteiger partial charge is 0.472 e. The first-order chi connectivity index (χ1) is 30.5. The number of phosphoric acid groups is 1. The fourth-order valence-corrected chi connectivity index (χ4v) is 9.13. The van der Waals surface area contributed by atoms with Crippen molar-refractivity contribution in [3.8, 4) is 0 Å². The van der Waals surface area contributed by atoms with Gasteiger partial charge in [0.15, 0.2) is 0 Å². The van der Waals surface area contributed by atoms with Crippen LogP contribution in [-0.4, -0.2) is 73.4 Å². The van der Waals surface area contributed by atoms with Crippen LogP contribution in [0, 0.1) is 0 Å². The van der Waals surface area contributed by atoms with Gasteiger partial charge in [-0.15, -0.1) is 0 Å². The number of aliphatic hydroxyl groups excluding tert-OH is 1. The zero-order chi connectivity index (χ0) is 46.4. The van der Waals surface area contributed by atoms with Gasteiger partial charge in [0.2, 0.25) is 5.91 Å². The van der Waals surface area contributed by atoms with Crippen molar-refractivity contribution in [2.45, 2.75) is 289 Å². The molecule has 0 spiro atoms. The molecule has 0 aromatic heterocycles. The third-order valence-electron chi connectivity index (χ3n) is 12.8. The summed E-state index contributed by atoms with van der Waals surface area (Å²) in [7, 11) is 1.59. The van der Waals surface area contributed by atoms with Crippen LogP contribution < -0.4 is 5.32 Å². The average Bonchev–Trinajstić information content (AvgIpc) is 3.24. The highest BCUT2D eigenvalue weighted by Gasteiger charge is 2.27. The van der Waals surface area contributed by atoms with Crippen molar-refractivity contribution < 1.29 is 32.9 Å². The van der Waals surface area contributed by atoms with E-state index in [9.17, 15) is 19.4 Å². The van der Waals surface area contributed by atoms with Crippen molar-refractivity contribution in [1.29, 1.82) is 0 Å². The Balaban J connectivity index is 4.23. The summed E-state index contributed by atoms with van der Waals surface area (Å²) >= 11 is 0. The molecule has 8 nitrogen and oxygen atoms in total. The molecule has 0 aliphatic heterocycles. The summed E-state index contributed by atoms with van der Waals surface area (Å²) < 4.78 is 23.7. The van der Waals surface area contributed by atoms with E-state index in [-0.39, 0.29) is 19.1 Å². The van der Waals surface area contributed by atoms with Gasteiger partial charge in [-0.05, 0) is 19.3 Å². The summed E-state index contributed by atoms with van der Waals surface area (Å²) in [6.07, 6.45) is 55.8. The number of phosphoric ester groups is 1. The predicted molar refractivity (Wildman–Crippen MR) is 272 cm³/mol. The Morgan fingerprint density at radius 1 is 0.524 bits per heavy atom. The van der Waals surface area contributed by atoms with Gasteiger partial charge in [-0.2, -0.15) is 0 Å². The lowest BCUT2D eigenvalue weighted by molar-refractivity contribution is -0.870. The van der Waals surface area contributed by atoms with Crippen LogP contribution in [0.4, 0.5) is 0 Å². The summed E-state index contributed by atoms with van der Waals surface area (Å²) in [5.41, 5.74) is 0. The van der Waals surface area contributed by atoms with Crippen LogP contribution in [0.1, 0.15) is 277 Å². The van der Waals surface area contributed by atoms with Gasteiger partial charge in [0.05, 0.1) is 39.9 Å². The number of carbonyl (C=O) groups is 1. The fourth-order valence-electron chi connectivity index (χ4n) is 8.40. The van der Waals surface area contributed by atoms with Gasteiger partial charge in [-0.1, -0.05) is 264 Å². The Bertz CT molecular complexity index is 1040. The SMILES string of the molecule is CCCCCCCCCCCCCCCCCCCCC/C=C/C(O)C(COP(=O)(O)OCC[N+](C)(C)C)NC(=O)CCCCCCCCCCCCCCCCCCCCCC. The first-order valence-corrected chi connectivity index (χ1v) is 29.1. The van der Waals surface area contributed by atoms with Crippen LogP contribution in [0.3, 0.4) is 0 Å². The van der Waals surface area contributed by atoms with E-state index in [4.69, 9.17) is 9.05 Å². The summed E-state index contributed by atoms with van der Waals surface area (Å²) in [6.45, 7) is 4.86. The van der Waals surface area contributed by atoms with E-state index in [0.29, 0.717) is 17.4 Å². The molecule has 0 saturated carbocycles. The highest BCUT2D eigenvalue weighted by atomic mass is 31.2. The number of aliphatic hydroxyl groups is 1. The van der Waals surface area contributed by atoms with E-state index < -0.39 is 20.0 Å². The normalized spacial score (nSPS) is 14.1. The standard InChI is InChI=1S/C54H109N2O6P/c1-6-8-10-12-14-16-18-20-22-24-26-28-29-31-33-35-37-39-41-43-45-47-53(57)52(51-62-63(59,60)61-50-49-56(3,4)5)55-54(58)48-46-44-42-40-38-36-34-32-30-27-25-23-21-19-17-15-13-11-9-7-2/h45,47,52-53,57H,6-44,46,48-51H2,1-5H3,(H-,55,58,59,60)/p+1/b47-45+. The van der Waals surface area contributed by atoms with Crippen LogP contribution >= 0.6 is 7.82 Å². The fraction of sp³-hybridized carbons (Fsp3) is 0.944. The van der Waals surface area contributed by atoms with Gasteiger partial charge in [0.25, 0.3) is 0 Å². The van der Waals surface area contributed by atoms with Crippen LogP contribution in [0.15, 0.2) is 12.2 Å². The Hall–Kier alpha value is -0.760. The number of likely N-dealkylation sites (N-methyl/N-ethyl adjacent to an activating group) is 1. The highest BCUT2D eigenvalue weighted by molar-refractivity contribution is 7.47. The molecule has 0 aliphatic rings. The minimum absolute atomic E-state index is 0.0651. The van der Waals surface area contributed by atoms with Crippen LogP contribution in [-0.2, 0) is 18.4 Å². The number of hydrogen-bond donors (Lipinski definition) is 3. The minimum atomic E-state index is -4.34. The first kappa shape index (κ1) is 62.2. The second-order valence-electron chi connectivity index (χ2n) is 20.3. The van der Waals surface area contributed by atoms with Gasteiger partial charge in [0, 0.05) is 6.42 Å². The predicted octanol–water partition coefficient (Wildman–Crippen LogP) is 16.3. The Morgan fingerprint density at radius 3 is 1.17 bits per heavy atom. The number of unbranched alkanes of at least 4 members (excludes halogenated alkanes) is 38. The second-order valence-corrected chi connectivity index (χ2v) is 21.8. The topological polar surface area (TPSA) is 105 Å².